The highest BCUT2D eigenvalue weighted by molar-refractivity contribution is 5.33. The lowest BCUT2D eigenvalue weighted by atomic mass is 9.99. The molecule has 5 atom stereocenters. The molecule has 20 heavy (non-hydrogen) atoms. The van der Waals surface area contributed by atoms with Crippen LogP contribution in [-0.2, 0) is 4.74 Å². The smallest absolute Gasteiger partial charge is 0.229 e. The van der Waals surface area contributed by atoms with Gasteiger partial charge in [-0.25, -0.2) is 0 Å². The van der Waals surface area contributed by atoms with Gasteiger partial charge in [-0.3, -0.25) is 0 Å². The molecule has 4 N–H and O–H groups in total. The zero-order valence-electron chi connectivity index (χ0n) is 11.4. The third-order valence-electron chi connectivity index (χ3n) is 3.58. The van der Waals surface area contributed by atoms with E-state index in [0.717, 1.165) is 11.1 Å². The van der Waals surface area contributed by atoms with Crippen LogP contribution in [0.1, 0.15) is 11.1 Å². The molecule has 1 aromatic rings. The minimum Gasteiger partial charge on any atom is -0.462 e. The molecule has 6 heteroatoms. The van der Waals surface area contributed by atoms with E-state index in [4.69, 9.17) is 14.6 Å². The summed E-state index contributed by atoms with van der Waals surface area (Å²) >= 11 is 0. The fourth-order valence-electron chi connectivity index (χ4n) is 2.09. The quantitative estimate of drug-likeness (QED) is 0.596. The molecule has 0 spiro atoms. The first-order valence-corrected chi connectivity index (χ1v) is 6.48. The van der Waals surface area contributed by atoms with E-state index in [1.807, 2.05) is 19.9 Å². The lowest BCUT2D eigenvalue weighted by Gasteiger charge is -2.39. The highest BCUT2D eigenvalue weighted by Crippen LogP contribution is 2.25. The maximum atomic E-state index is 9.86. The predicted octanol–water partition coefficient (Wildman–Crippen LogP) is -0.518. The summed E-state index contributed by atoms with van der Waals surface area (Å²) in [6, 6.07) is 5.38. The Morgan fingerprint density at radius 3 is 2.35 bits per heavy atom. The van der Waals surface area contributed by atoms with Crippen LogP contribution in [0.3, 0.4) is 0 Å². The molecule has 1 heterocycles. The van der Waals surface area contributed by atoms with Crippen LogP contribution < -0.4 is 4.74 Å². The number of ether oxygens (including phenoxy) is 2. The molecule has 0 aromatic heterocycles. The molecule has 0 aliphatic carbocycles. The van der Waals surface area contributed by atoms with E-state index in [9.17, 15) is 15.3 Å². The summed E-state index contributed by atoms with van der Waals surface area (Å²) < 4.78 is 10.8. The van der Waals surface area contributed by atoms with Crippen LogP contribution in [0, 0.1) is 13.8 Å². The van der Waals surface area contributed by atoms with E-state index in [0.29, 0.717) is 5.75 Å². The number of benzene rings is 1. The maximum absolute atomic E-state index is 9.86. The molecule has 6 nitrogen and oxygen atoms in total. The van der Waals surface area contributed by atoms with Crippen molar-refractivity contribution in [2.24, 2.45) is 0 Å². The standard InChI is InChI=1S/C14H20O6/c1-7-3-4-9(5-8(7)2)19-14-13(18)12(17)11(16)10(6-15)20-14/h3-5,10-18H,6H2,1-2H3/t10-,11-,12+,13-,14-/m0/s1. The summed E-state index contributed by atoms with van der Waals surface area (Å²) in [6.07, 6.45) is -6.32. The first kappa shape index (κ1) is 15.2. The second-order valence-electron chi connectivity index (χ2n) is 5.06. The van der Waals surface area contributed by atoms with Crippen molar-refractivity contribution in [2.75, 3.05) is 6.61 Å². The summed E-state index contributed by atoms with van der Waals surface area (Å²) in [4.78, 5) is 0. The van der Waals surface area contributed by atoms with Gasteiger partial charge in [0.1, 0.15) is 30.2 Å². The minimum absolute atomic E-state index is 0.474. The molecular formula is C14H20O6. The molecule has 112 valence electrons. The Kier molecular flexibility index (Phi) is 4.62. The van der Waals surface area contributed by atoms with Crippen LogP contribution in [0.15, 0.2) is 18.2 Å². The van der Waals surface area contributed by atoms with Gasteiger partial charge < -0.3 is 29.9 Å². The first-order valence-electron chi connectivity index (χ1n) is 6.48. The van der Waals surface area contributed by atoms with Gasteiger partial charge in [0.25, 0.3) is 0 Å². The van der Waals surface area contributed by atoms with Crippen molar-refractivity contribution in [3.05, 3.63) is 29.3 Å². The number of hydrogen-bond donors (Lipinski definition) is 4. The van der Waals surface area contributed by atoms with Crippen molar-refractivity contribution < 1.29 is 29.9 Å². The third kappa shape index (κ3) is 2.94. The van der Waals surface area contributed by atoms with Crippen molar-refractivity contribution in [2.45, 2.75) is 44.6 Å². The second-order valence-corrected chi connectivity index (χ2v) is 5.06. The number of aliphatic hydroxyl groups excluding tert-OH is 4. The Balaban J connectivity index is 2.13. The fraction of sp³-hybridized carbons (Fsp3) is 0.571. The van der Waals surface area contributed by atoms with Crippen molar-refractivity contribution in [1.82, 2.24) is 0 Å². The predicted molar refractivity (Wildman–Crippen MR) is 70.3 cm³/mol. The Labute approximate surface area is 117 Å². The number of aliphatic hydroxyl groups is 4. The van der Waals surface area contributed by atoms with Crippen molar-refractivity contribution >= 4 is 0 Å². The van der Waals surface area contributed by atoms with Crippen LogP contribution in [0.2, 0.25) is 0 Å². The van der Waals surface area contributed by atoms with Gasteiger partial charge in [0.05, 0.1) is 6.61 Å². The summed E-state index contributed by atoms with van der Waals surface area (Å²) in [5, 5.41) is 38.3. The largest absolute Gasteiger partial charge is 0.462 e. The third-order valence-corrected chi connectivity index (χ3v) is 3.58. The topological polar surface area (TPSA) is 99.4 Å². The Hall–Kier alpha value is -1.18. The van der Waals surface area contributed by atoms with Gasteiger partial charge in [0, 0.05) is 0 Å². The maximum Gasteiger partial charge on any atom is 0.229 e. The normalized spacial score (nSPS) is 34.0. The number of aryl methyl sites for hydroxylation is 2. The molecule has 1 aromatic carbocycles. The molecule has 1 aliphatic rings. The first-order chi connectivity index (χ1) is 9.43. The van der Waals surface area contributed by atoms with Gasteiger partial charge in [-0.2, -0.15) is 0 Å². The molecule has 0 amide bonds. The van der Waals surface area contributed by atoms with Gasteiger partial charge in [-0.1, -0.05) is 6.07 Å². The van der Waals surface area contributed by atoms with Crippen LogP contribution >= 0.6 is 0 Å². The molecule has 1 saturated heterocycles. The zero-order chi connectivity index (χ0) is 14.9. The Morgan fingerprint density at radius 2 is 1.75 bits per heavy atom. The SMILES string of the molecule is Cc1ccc(O[C@H]2O[C@@H](CO)[C@H](O)[C@@H](O)[C@@H]2O)cc1C. The van der Waals surface area contributed by atoms with Crippen LogP contribution in [-0.4, -0.2) is 57.7 Å². The average molecular weight is 284 g/mol. The van der Waals surface area contributed by atoms with Gasteiger partial charge >= 0.3 is 0 Å². The average Bonchev–Trinajstić information content (AvgIpc) is 2.43. The van der Waals surface area contributed by atoms with E-state index in [2.05, 4.69) is 0 Å². The fourth-order valence-corrected chi connectivity index (χ4v) is 2.09. The molecule has 1 aliphatic heterocycles. The lowest BCUT2D eigenvalue weighted by molar-refractivity contribution is -0.277. The second kappa shape index (κ2) is 6.07. The summed E-state index contributed by atoms with van der Waals surface area (Å²) in [7, 11) is 0. The molecule has 0 saturated carbocycles. The van der Waals surface area contributed by atoms with E-state index in [1.165, 1.54) is 0 Å². The zero-order valence-corrected chi connectivity index (χ0v) is 11.4. The van der Waals surface area contributed by atoms with E-state index < -0.39 is 37.3 Å². The van der Waals surface area contributed by atoms with E-state index in [-0.39, 0.29) is 0 Å². The van der Waals surface area contributed by atoms with E-state index >= 15 is 0 Å². The molecular weight excluding hydrogens is 264 g/mol. The molecule has 0 unspecified atom stereocenters. The molecule has 1 fully saturated rings. The van der Waals surface area contributed by atoms with Crippen molar-refractivity contribution in [3.8, 4) is 5.75 Å². The summed E-state index contributed by atoms with van der Waals surface area (Å²) in [5.41, 5.74) is 2.12. The molecule has 0 radical (unpaired) electrons. The van der Waals surface area contributed by atoms with Crippen molar-refractivity contribution in [3.63, 3.8) is 0 Å². The number of rotatable bonds is 3. The number of hydrogen-bond acceptors (Lipinski definition) is 6. The minimum atomic E-state index is -1.43. The van der Waals surface area contributed by atoms with Gasteiger partial charge in [0.15, 0.2) is 0 Å². The van der Waals surface area contributed by atoms with Crippen molar-refractivity contribution in [1.29, 1.82) is 0 Å². The lowest BCUT2D eigenvalue weighted by Crippen LogP contribution is -2.60. The highest BCUT2D eigenvalue weighted by atomic mass is 16.7. The summed E-state index contributed by atoms with van der Waals surface area (Å²) in [6.45, 7) is 3.42. The van der Waals surface area contributed by atoms with Crippen LogP contribution in [0.5, 0.6) is 5.75 Å². The highest BCUT2D eigenvalue weighted by Gasteiger charge is 2.44. The van der Waals surface area contributed by atoms with Gasteiger partial charge in [0.2, 0.25) is 6.29 Å². The van der Waals surface area contributed by atoms with Gasteiger partial charge in [-0.05, 0) is 37.1 Å². The van der Waals surface area contributed by atoms with Gasteiger partial charge in [-0.15, -0.1) is 0 Å². The van der Waals surface area contributed by atoms with Crippen LogP contribution in [0.4, 0.5) is 0 Å². The van der Waals surface area contributed by atoms with E-state index in [1.54, 1.807) is 12.1 Å². The molecule has 0 bridgehead atoms. The molecule has 2 rings (SSSR count). The van der Waals surface area contributed by atoms with Crippen LogP contribution in [0.25, 0.3) is 0 Å². The monoisotopic (exact) mass is 284 g/mol. The Morgan fingerprint density at radius 1 is 1.05 bits per heavy atom. The summed E-state index contributed by atoms with van der Waals surface area (Å²) in [5.74, 6) is 0.484. The Bertz CT molecular complexity index is 461.